The quantitative estimate of drug-likeness (QED) is 0.129. The van der Waals surface area contributed by atoms with Crippen LogP contribution in [-0.4, -0.2) is 60.3 Å². The molecule has 1 aromatic carbocycles. The summed E-state index contributed by atoms with van der Waals surface area (Å²) >= 11 is -2.86. The molecule has 0 radical (unpaired) electrons. The molecule has 216 valence electrons. The number of hydrogen-bond acceptors (Lipinski definition) is 2. The van der Waals surface area contributed by atoms with Crippen molar-refractivity contribution in [2.45, 2.75) is 124 Å². The normalized spacial score (nSPS) is 13.5. The predicted octanol–water partition coefficient (Wildman–Crippen LogP) is 9.06. The van der Waals surface area contributed by atoms with E-state index in [2.05, 4.69) is 77.2 Å². The van der Waals surface area contributed by atoms with E-state index < -0.39 is 44.5 Å². The maximum atomic E-state index is 14.1. The van der Waals surface area contributed by atoms with Crippen molar-refractivity contribution in [3.63, 3.8) is 0 Å². The molecule has 0 heterocycles. The zero-order valence-corrected chi connectivity index (χ0v) is 32.0. The van der Waals surface area contributed by atoms with Crippen LogP contribution >= 0.6 is 0 Å². The summed E-state index contributed by atoms with van der Waals surface area (Å²) in [6.45, 7) is 23.6. The van der Waals surface area contributed by atoms with E-state index in [4.69, 9.17) is 0 Å². The molecule has 0 aliphatic heterocycles. The Hall–Kier alpha value is -0.338. The summed E-state index contributed by atoms with van der Waals surface area (Å²) in [6, 6.07) is 7.36. The van der Waals surface area contributed by atoms with Crippen LogP contribution in [0, 0.1) is 18.4 Å². The van der Waals surface area contributed by atoms with Crippen molar-refractivity contribution in [1.29, 1.82) is 0 Å². The van der Waals surface area contributed by atoms with Gasteiger partial charge in [0.25, 0.3) is 0 Å². The molecule has 7 heteroatoms. The summed E-state index contributed by atoms with van der Waals surface area (Å²) in [4.78, 5) is 0.390. The number of unbranched alkanes of at least 4 members (excludes halogenated alkanes) is 3. The second-order valence-electron chi connectivity index (χ2n) is 13.3. The van der Waals surface area contributed by atoms with Gasteiger partial charge in [-0.2, -0.15) is 0 Å². The van der Waals surface area contributed by atoms with Gasteiger partial charge in [-0.15, -0.1) is 0 Å². The second kappa shape index (κ2) is 16.2. The molecule has 0 amide bonds. The third kappa shape index (κ3) is 12.5. The van der Waals surface area contributed by atoms with E-state index in [1.807, 2.05) is 19.1 Å². The Labute approximate surface area is 243 Å². The molecule has 0 fully saturated rings. The summed E-state index contributed by atoms with van der Waals surface area (Å²) < 4.78 is 35.6. The SMILES string of the molecule is CCC[CH2][Sn]([CH2]CCC)([CH2]CCC)/[C](=C\[Si](C)(C)C)CN(CC#C[Si](C)(C)C)S(=O)(=O)c1ccc(C)cc1. The molecule has 0 aromatic heterocycles. The molecule has 0 aliphatic rings. The first-order chi connectivity index (χ1) is 17.6. The summed E-state index contributed by atoms with van der Waals surface area (Å²) in [5.41, 5.74) is 7.14. The molecule has 1 aromatic rings. The Morgan fingerprint density at radius 3 is 1.74 bits per heavy atom. The van der Waals surface area contributed by atoms with Crippen LogP contribution in [-0.2, 0) is 10.0 Å². The number of rotatable bonds is 16. The van der Waals surface area contributed by atoms with Gasteiger partial charge in [-0.3, -0.25) is 0 Å². The van der Waals surface area contributed by atoms with Crippen LogP contribution < -0.4 is 0 Å². The Morgan fingerprint density at radius 1 is 0.868 bits per heavy atom. The molecular formula is C31H57NO2SSi2Sn. The minimum atomic E-state index is -3.65. The molecule has 0 saturated heterocycles. The van der Waals surface area contributed by atoms with Gasteiger partial charge < -0.3 is 0 Å². The van der Waals surface area contributed by atoms with Gasteiger partial charge in [0.15, 0.2) is 0 Å². The average Bonchev–Trinajstić information content (AvgIpc) is 2.81. The van der Waals surface area contributed by atoms with Gasteiger partial charge in [0, 0.05) is 0 Å². The fourth-order valence-electron chi connectivity index (χ4n) is 4.96. The molecule has 1 rings (SSSR count). The molecule has 0 saturated carbocycles. The number of benzene rings is 1. The standard InChI is InChI=1S/C19H30NO2SSi2.3C4H9.Sn/c1-18-10-12-19(13-11-18)23(21,22)20(14-8-16-24(2,3)4)15-9-17-25(5,6)7;3*1-3-4-2;/h10-13,16H,14-15H2,1-7H3;3*1,3-4H2,2H3;. The molecule has 0 aliphatic carbocycles. The van der Waals surface area contributed by atoms with Gasteiger partial charge in [0.2, 0.25) is 0 Å². The maximum absolute atomic E-state index is 14.1. The van der Waals surface area contributed by atoms with Crippen molar-refractivity contribution in [3.8, 4) is 11.5 Å². The first kappa shape index (κ1) is 35.7. The van der Waals surface area contributed by atoms with E-state index in [1.54, 1.807) is 20.0 Å². The summed E-state index contributed by atoms with van der Waals surface area (Å²) in [7, 11) is -6.85. The van der Waals surface area contributed by atoms with Crippen LogP contribution in [0.1, 0.15) is 64.9 Å². The fourth-order valence-corrected chi connectivity index (χ4v) is 30.2. The Bertz CT molecular complexity index is 1020. The third-order valence-corrected chi connectivity index (χ3v) is 27.8. The Morgan fingerprint density at radius 2 is 1.34 bits per heavy atom. The molecule has 0 N–H and O–H groups in total. The van der Waals surface area contributed by atoms with E-state index in [9.17, 15) is 8.42 Å². The summed E-state index contributed by atoms with van der Waals surface area (Å²) in [6.07, 6.45) is 7.45. The van der Waals surface area contributed by atoms with Crippen molar-refractivity contribution in [3.05, 3.63) is 39.1 Å². The second-order valence-corrected chi connectivity index (χ2v) is 38.4. The van der Waals surface area contributed by atoms with Gasteiger partial charge in [0.05, 0.1) is 0 Å². The minimum absolute atomic E-state index is 0.279. The molecule has 0 unspecified atom stereocenters. The van der Waals surface area contributed by atoms with E-state index in [0.717, 1.165) is 5.56 Å². The van der Waals surface area contributed by atoms with Crippen LogP contribution in [0.2, 0.25) is 52.6 Å². The van der Waals surface area contributed by atoms with Gasteiger partial charge in [-0.25, -0.2) is 0 Å². The summed E-state index contributed by atoms with van der Waals surface area (Å²) in [5, 5.41) is 0. The van der Waals surface area contributed by atoms with Crippen LogP contribution in [0.4, 0.5) is 0 Å². The molecule has 0 spiro atoms. The molecule has 38 heavy (non-hydrogen) atoms. The third-order valence-electron chi connectivity index (χ3n) is 7.04. The van der Waals surface area contributed by atoms with Crippen molar-refractivity contribution in [2.24, 2.45) is 0 Å². The van der Waals surface area contributed by atoms with Crippen molar-refractivity contribution >= 4 is 44.5 Å². The van der Waals surface area contributed by atoms with Gasteiger partial charge in [-0.1, -0.05) is 0 Å². The Balaban J connectivity index is 3.77. The van der Waals surface area contributed by atoms with Crippen molar-refractivity contribution in [1.82, 2.24) is 4.31 Å². The van der Waals surface area contributed by atoms with E-state index in [0.29, 0.717) is 11.4 Å². The van der Waals surface area contributed by atoms with E-state index in [-0.39, 0.29) is 6.54 Å². The topological polar surface area (TPSA) is 37.4 Å². The zero-order chi connectivity index (χ0) is 29.0. The number of nitrogens with zero attached hydrogens (tertiary/aromatic N) is 1. The molecule has 0 bridgehead atoms. The number of sulfonamides is 1. The number of hydrogen-bond donors (Lipinski definition) is 0. The van der Waals surface area contributed by atoms with Gasteiger partial charge in [-0.05, 0) is 0 Å². The number of aryl methyl sites for hydroxylation is 1. The van der Waals surface area contributed by atoms with E-state index in [1.165, 1.54) is 51.8 Å². The van der Waals surface area contributed by atoms with E-state index >= 15 is 0 Å². The van der Waals surface area contributed by atoms with Crippen LogP contribution in [0.5, 0.6) is 0 Å². The van der Waals surface area contributed by atoms with Gasteiger partial charge >= 0.3 is 245 Å². The predicted molar refractivity (Wildman–Crippen MR) is 177 cm³/mol. The van der Waals surface area contributed by atoms with Crippen LogP contribution in [0.25, 0.3) is 0 Å². The van der Waals surface area contributed by atoms with Crippen molar-refractivity contribution < 1.29 is 8.42 Å². The first-order valence-corrected chi connectivity index (χ1v) is 30.9. The molecule has 0 atom stereocenters. The van der Waals surface area contributed by atoms with Gasteiger partial charge in [0.1, 0.15) is 0 Å². The zero-order valence-electron chi connectivity index (χ0n) is 26.3. The average molecular weight is 683 g/mol. The van der Waals surface area contributed by atoms with Crippen molar-refractivity contribution in [2.75, 3.05) is 13.1 Å². The molecule has 3 nitrogen and oxygen atoms in total. The van der Waals surface area contributed by atoms with Crippen LogP contribution in [0.3, 0.4) is 0 Å². The first-order valence-electron chi connectivity index (χ1n) is 14.9. The monoisotopic (exact) mass is 683 g/mol. The Kier molecular flexibility index (Phi) is 15.2. The fraction of sp³-hybridized carbons (Fsp3) is 0.677. The molecular weight excluding hydrogens is 625 g/mol. The summed E-state index contributed by atoms with van der Waals surface area (Å²) in [5.74, 6) is 3.33. The van der Waals surface area contributed by atoms with Crippen LogP contribution in [0.15, 0.2) is 38.4 Å².